The van der Waals surface area contributed by atoms with Crippen LogP contribution in [0.2, 0.25) is 0 Å². The lowest BCUT2D eigenvalue weighted by atomic mass is 10.3. The van der Waals surface area contributed by atoms with Gasteiger partial charge in [0.05, 0.1) is 6.10 Å². The summed E-state index contributed by atoms with van der Waals surface area (Å²) < 4.78 is 0. The molecular weight excluding hydrogens is 102 g/mol. The maximum atomic E-state index is 8.63. The van der Waals surface area contributed by atoms with Crippen molar-refractivity contribution in [3.8, 4) is 0 Å². The Kier molecular flexibility index (Phi) is 3.83. The van der Waals surface area contributed by atoms with E-state index in [1.165, 1.54) is 0 Å². The molecule has 2 nitrogen and oxygen atoms in total. The molecule has 0 rings (SSSR count). The highest BCUT2D eigenvalue weighted by Gasteiger charge is 1.94. The van der Waals surface area contributed by atoms with Crippen molar-refractivity contribution < 1.29 is 5.11 Å². The average molecular weight is 116 g/mol. The van der Waals surface area contributed by atoms with Crippen LogP contribution in [0.4, 0.5) is 0 Å². The van der Waals surface area contributed by atoms with E-state index in [1.807, 2.05) is 13.8 Å². The third kappa shape index (κ3) is 5.92. The van der Waals surface area contributed by atoms with Crippen molar-refractivity contribution in [2.45, 2.75) is 26.0 Å². The lowest BCUT2D eigenvalue weighted by molar-refractivity contribution is 0.213. The lowest BCUT2D eigenvalue weighted by Crippen LogP contribution is -2.30. The lowest BCUT2D eigenvalue weighted by Gasteiger charge is -2.08. The van der Waals surface area contributed by atoms with Crippen molar-refractivity contribution in [2.75, 3.05) is 6.54 Å². The minimum atomic E-state index is -0.475. The van der Waals surface area contributed by atoms with Gasteiger partial charge in [0, 0.05) is 12.6 Å². The molecule has 0 unspecified atom stereocenters. The first kappa shape index (κ1) is 7.92. The number of rotatable bonds is 3. The quantitative estimate of drug-likeness (QED) is 0.551. The van der Waals surface area contributed by atoms with Crippen LogP contribution in [0.1, 0.15) is 13.8 Å². The van der Waals surface area contributed by atoms with E-state index < -0.39 is 6.10 Å². The summed E-state index contributed by atoms with van der Waals surface area (Å²) in [4.78, 5) is 0. The van der Waals surface area contributed by atoms with Crippen LogP contribution in [0, 0.1) is 6.92 Å². The third-order valence-electron chi connectivity index (χ3n) is 0.762. The summed E-state index contributed by atoms with van der Waals surface area (Å²) in [7, 11) is 0. The van der Waals surface area contributed by atoms with E-state index >= 15 is 0 Å². The smallest absolute Gasteiger partial charge is 0.0665 e. The van der Waals surface area contributed by atoms with Crippen LogP contribution in [-0.2, 0) is 0 Å². The van der Waals surface area contributed by atoms with Crippen LogP contribution in [0.25, 0.3) is 0 Å². The highest BCUT2D eigenvalue weighted by molar-refractivity contribution is 4.62. The summed E-state index contributed by atoms with van der Waals surface area (Å²) in [5.41, 5.74) is 0. The fraction of sp³-hybridized carbons (Fsp3) is 0.833. The maximum Gasteiger partial charge on any atom is 0.0665 e. The molecule has 0 spiro atoms. The van der Waals surface area contributed by atoms with Gasteiger partial charge in [-0.05, 0) is 6.92 Å². The Balaban J connectivity index is 2.93. The Labute approximate surface area is 50.9 Å². The molecule has 0 fully saturated rings. The molecule has 2 N–H and O–H groups in total. The Bertz CT molecular complexity index is 44.5. The molecule has 0 aliphatic rings. The predicted octanol–water partition coefficient (Wildman–Crippen LogP) is 0.179. The van der Waals surface area contributed by atoms with E-state index in [4.69, 9.17) is 5.11 Å². The second-order valence-corrected chi connectivity index (χ2v) is 2.22. The topological polar surface area (TPSA) is 32.3 Å². The molecular formula is C6H14NO. The first-order valence-electron chi connectivity index (χ1n) is 2.87. The van der Waals surface area contributed by atoms with Crippen molar-refractivity contribution in [1.82, 2.24) is 5.32 Å². The molecule has 0 saturated carbocycles. The molecule has 1 radical (unpaired) electrons. The highest BCUT2D eigenvalue weighted by atomic mass is 16.3. The van der Waals surface area contributed by atoms with Gasteiger partial charge in [0.25, 0.3) is 0 Å². The van der Waals surface area contributed by atoms with Crippen LogP contribution < -0.4 is 5.32 Å². The Morgan fingerprint density at radius 3 is 2.25 bits per heavy atom. The van der Waals surface area contributed by atoms with Crippen molar-refractivity contribution in [3.63, 3.8) is 0 Å². The summed E-state index contributed by atoms with van der Waals surface area (Å²) in [6, 6.07) is 0.436. The van der Waals surface area contributed by atoms with Gasteiger partial charge in [-0.3, -0.25) is 0 Å². The number of nitrogens with one attached hydrogen (secondary N) is 1. The Hall–Kier alpha value is -0.0800. The van der Waals surface area contributed by atoms with Gasteiger partial charge >= 0.3 is 0 Å². The van der Waals surface area contributed by atoms with Crippen molar-refractivity contribution in [2.24, 2.45) is 0 Å². The zero-order chi connectivity index (χ0) is 6.57. The van der Waals surface area contributed by atoms with E-state index in [0.717, 1.165) is 0 Å². The monoisotopic (exact) mass is 116 g/mol. The van der Waals surface area contributed by atoms with Gasteiger partial charge in [-0.1, -0.05) is 13.8 Å². The molecule has 0 aromatic rings. The van der Waals surface area contributed by atoms with Crippen LogP contribution in [0.15, 0.2) is 0 Å². The molecule has 8 heavy (non-hydrogen) atoms. The number of aliphatic hydroxyl groups is 1. The summed E-state index contributed by atoms with van der Waals surface area (Å²) >= 11 is 0. The largest absolute Gasteiger partial charge is 0.392 e. The zero-order valence-electron chi connectivity index (χ0n) is 5.52. The van der Waals surface area contributed by atoms with Crippen LogP contribution >= 0.6 is 0 Å². The normalized spacial score (nSPS) is 14.6. The molecule has 49 valence electrons. The predicted molar refractivity (Wildman–Crippen MR) is 34.5 cm³/mol. The Morgan fingerprint density at radius 2 is 2.12 bits per heavy atom. The molecule has 0 aromatic heterocycles. The molecule has 0 bridgehead atoms. The van der Waals surface area contributed by atoms with E-state index in [0.29, 0.717) is 12.6 Å². The highest BCUT2D eigenvalue weighted by Crippen LogP contribution is 1.78. The minimum absolute atomic E-state index is 0.436. The molecule has 0 heterocycles. The van der Waals surface area contributed by atoms with Crippen LogP contribution in [0.3, 0.4) is 0 Å². The second-order valence-electron chi connectivity index (χ2n) is 2.22. The van der Waals surface area contributed by atoms with Crippen LogP contribution in [0.5, 0.6) is 0 Å². The fourth-order valence-corrected chi connectivity index (χ4v) is 0.372. The fourth-order valence-electron chi connectivity index (χ4n) is 0.372. The minimum Gasteiger partial charge on any atom is -0.392 e. The number of aliphatic hydroxyl groups excluding tert-OH is 1. The van der Waals surface area contributed by atoms with Gasteiger partial charge in [-0.25, -0.2) is 0 Å². The van der Waals surface area contributed by atoms with E-state index in [2.05, 4.69) is 12.2 Å². The molecule has 0 aromatic carbocycles. The van der Waals surface area contributed by atoms with Gasteiger partial charge in [-0.15, -0.1) is 0 Å². The van der Waals surface area contributed by atoms with Gasteiger partial charge in [0.1, 0.15) is 0 Å². The summed E-state index contributed by atoms with van der Waals surface area (Å²) in [6.07, 6.45) is -0.475. The zero-order valence-corrected chi connectivity index (χ0v) is 5.52. The Morgan fingerprint density at radius 1 is 1.62 bits per heavy atom. The van der Waals surface area contributed by atoms with Gasteiger partial charge < -0.3 is 10.4 Å². The molecule has 0 saturated heterocycles. The first-order valence-corrected chi connectivity index (χ1v) is 2.87. The molecule has 0 aliphatic carbocycles. The molecule has 0 amide bonds. The van der Waals surface area contributed by atoms with Gasteiger partial charge in [-0.2, -0.15) is 0 Å². The van der Waals surface area contributed by atoms with E-state index in [9.17, 15) is 0 Å². The standard InChI is InChI=1S/C6H14NO/c1-5(2)7-4-6(3)8/h5-8H,3-4H2,1-2H3/t6-/m0/s1. The van der Waals surface area contributed by atoms with Gasteiger partial charge in [0.15, 0.2) is 0 Å². The summed E-state index contributed by atoms with van der Waals surface area (Å²) in [5.74, 6) is 0. The van der Waals surface area contributed by atoms with Crippen LogP contribution in [-0.4, -0.2) is 23.8 Å². The second kappa shape index (κ2) is 3.87. The first-order chi connectivity index (χ1) is 3.63. The van der Waals surface area contributed by atoms with Crippen molar-refractivity contribution >= 4 is 0 Å². The third-order valence-corrected chi connectivity index (χ3v) is 0.762. The molecule has 1 atom stereocenters. The molecule has 0 aliphatic heterocycles. The average Bonchev–Trinajstić information content (AvgIpc) is 1.61. The summed E-state index contributed by atoms with van der Waals surface area (Å²) in [6.45, 7) is 8.04. The number of hydrogen-bond donors (Lipinski definition) is 2. The molecule has 2 heteroatoms. The van der Waals surface area contributed by atoms with E-state index in [1.54, 1.807) is 0 Å². The van der Waals surface area contributed by atoms with Crippen molar-refractivity contribution in [1.29, 1.82) is 0 Å². The van der Waals surface area contributed by atoms with Crippen molar-refractivity contribution in [3.05, 3.63) is 6.92 Å². The summed E-state index contributed by atoms with van der Waals surface area (Å²) in [5, 5.41) is 11.7. The van der Waals surface area contributed by atoms with E-state index in [-0.39, 0.29) is 0 Å². The maximum absolute atomic E-state index is 8.63. The SMILES string of the molecule is [CH2][C@H](O)CNC(C)C. The van der Waals surface area contributed by atoms with Gasteiger partial charge in [0.2, 0.25) is 0 Å². The number of hydrogen-bond acceptors (Lipinski definition) is 2.